The van der Waals surface area contributed by atoms with Crippen LogP contribution in [0.4, 0.5) is 9.18 Å². The first-order valence-electron chi connectivity index (χ1n) is 12.3. The van der Waals surface area contributed by atoms with Gasteiger partial charge in [-0.1, -0.05) is 30.3 Å². The topological polar surface area (TPSA) is 65.1 Å². The second-order valence-corrected chi connectivity index (χ2v) is 10.5. The summed E-state index contributed by atoms with van der Waals surface area (Å²) in [5, 5.41) is 0. The molecular formula is C28H34FNO5. The van der Waals surface area contributed by atoms with Gasteiger partial charge < -0.3 is 19.1 Å². The number of esters is 1. The quantitative estimate of drug-likeness (QED) is 0.456. The molecule has 2 aliphatic rings. The van der Waals surface area contributed by atoms with E-state index in [4.69, 9.17) is 14.2 Å². The highest BCUT2D eigenvalue weighted by Gasteiger charge is 2.34. The van der Waals surface area contributed by atoms with Crippen molar-refractivity contribution in [2.75, 3.05) is 6.54 Å². The minimum atomic E-state index is -0.712. The van der Waals surface area contributed by atoms with E-state index in [1.54, 1.807) is 31.7 Å². The third kappa shape index (κ3) is 6.53. The monoisotopic (exact) mass is 483 g/mol. The van der Waals surface area contributed by atoms with Gasteiger partial charge in [-0.3, -0.25) is 0 Å². The Kier molecular flexibility index (Phi) is 7.33. The first kappa shape index (κ1) is 25.0. The van der Waals surface area contributed by atoms with E-state index in [1.165, 1.54) is 6.07 Å². The summed E-state index contributed by atoms with van der Waals surface area (Å²) < 4.78 is 32.1. The smallest absolute Gasteiger partial charge is 0.410 e. The van der Waals surface area contributed by atoms with Gasteiger partial charge in [-0.25, -0.2) is 14.0 Å². The summed E-state index contributed by atoms with van der Waals surface area (Å²) >= 11 is 0. The van der Waals surface area contributed by atoms with Gasteiger partial charge in [0, 0.05) is 12.1 Å². The Morgan fingerprint density at radius 1 is 1.06 bits per heavy atom. The number of carbonyl (C=O) groups excluding carboxylic acids is 2. The molecule has 6 nitrogen and oxygen atoms in total. The van der Waals surface area contributed by atoms with Gasteiger partial charge in [0.15, 0.2) is 0 Å². The minimum Gasteiger partial charge on any atom is -0.488 e. The van der Waals surface area contributed by atoms with Crippen molar-refractivity contribution in [1.29, 1.82) is 0 Å². The lowest BCUT2D eigenvalue weighted by atomic mass is 10.0. The molecule has 0 bridgehead atoms. The van der Waals surface area contributed by atoms with Crippen molar-refractivity contribution in [1.82, 2.24) is 4.90 Å². The van der Waals surface area contributed by atoms with Crippen LogP contribution in [-0.4, -0.2) is 41.3 Å². The van der Waals surface area contributed by atoms with Gasteiger partial charge in [-0.15, -0.1) is 0 Å². The van der Waals surface area contributed by atoms with Crippen LogP contribution >= 0.6 is 0 Å². The molecule has 0 N–H and O–H groups in total. The van der Waals surface area contributed by atoms with E-state index in [2.05, 4.69) is 0 Å². The Morgan fingerprint density at radius 2 is 1.77 bits per heavy atom. The van der Waals surface area contributed by atoms with Gasteiger partial charge in [0.25, 0.3) is 0 Å². The molecule has 1 aliphatic carbocycles. The number of rotatable bonds is 6. The number of ether oxygens (including phenoxy) is 3. The number of hydrogen-bond donors (Lipinski definition) is 0. The fourth-order valence-corrected chi connectivity index (χ4v) is 4.28. The van der Waals surface area contributed by atoms with Gasteiger partial charge in [-0.05, 0) is 76.5 Å². The Bertz CT molecular complexity index is 1060. The van der Waals surface area contributed by atoms with E-state index in [0.29, 0.717) is 12.3 Å². The molecule has 2 fully saturated rings. The number of halogens is 1. The maximum atomic E-state index is 15.0. The lowest BCUT2D eigenvalue weighted by molar-refractivity contribution is 0.00637. The Balaban J connectivity index is 1.45. The summed E-state index contributed by atoms with van der Waals surface area (Å²) in [4.78, 5) is 27.0. The molecule has 1 heterocycles. The lowest BCUT2D eigenvalue weighted by Crippen LogP contribution is -2.49. The number of piperidine rings is 1. The number of carbonyl (C=O) groups is 2. The van der Waals surface area contributed by atoms with Gasteiger partial charge in [0.2, 0.25) is 0 Å². The first-order chi connectivity index (χ1) is 16.6. The van der Waals surface area contributed by atoms with Crippen LogP contribution < -0.4 is 4.74 Å². The van der Waals surface area contributed by atoms with Gasteiger partial charge in [-0.2, -0.15) is 0 Å². The fraction of sp³-hybridized carbons (Fsp3) is 0.500. The second kappa shape index (κ2) is 10.3. The first-order valence-corrected chi connectivity index (χ1v) is 12.3. The van der Waals surface area contributed by atoms with Gasteiger partial charge in [0.1, 0.15) is 29.9 Å². The molecule has 2 aromatic rings. The summed E-state index contributed by atoms with van der Waals surface area (Å²) in [6, 6.07) is 12.4. The molecular weight excluding hydrogens is 449 g/mol. The molecule has 0 unspecified atom stereocenters. The van der Waals surface area contributed by atoms with E-state index in [-0.39, 0.29) is 36.3 Å². The third-order valence-corrected chi connectivity index (χ3v) is 6.31. The normalized spacial score (nSPS) is 20.3. The molecule has 4 rings (SSSR count). The van der Waals surface area contributed by atoms with E-state index in [0.717, 1.165) is 36.8 Å². The van der Waals surface area contributed by atoms with Crippen LogP contribution in [0.25, 0.3) is 0 Å². The SMILES string of the molecule is C[C@H]1CC[C@@H](Oc2cc(F)c(C(=O)OC(C)(C)C)cc2C2CC2)CN1C(=O)OCc1ccccc1. The maximum absolute atomic E-state index is 15.0. The molecule has 2 aromatic carbocycles. The van der Waals surface area contributed by atoms with Crippen molar-refractivity contribution in [3.05, 3.63) is 65.0 Å². The predicted octanol–water partition coefficient (Wildman–Crippen LogP) is 6.23. The van der Waals surface area contributed by atoms with Crippen LogP contribution in [0, 0.1) is 5.82 Å². The van der Waals surface area contributed by atoms with Crippen LogP contribution in [0.2, 0.25) is 0 Å². The highest BCUT2D eigenvalue weighted by molar-refractivity contribution is 5.90. The minimum absolute atomic E-state index is 0.0207. The molecule has 1 saturated carbocycles. The van der Waals surface area contributed by atoms with Crippen LogP contribution in [0.3, 0.4) is 0 Å². The summed E-state index contributed by atoms with van der Waals surface area (Å²) in [6.07, 6.45) is 2.75. The summed E-state index contributed by atoms with van der Waals surface area (Å²) in [7, 11) is 0. The molecule has 2 atom stereocenters. The van der Waals surface area contributed by atoms with E-state index in [9.17, 15) is 14.0 Å². The molecule has 188 valence electrons. The molecule has 1 amide bonds. The van der Waals surface area contributed by atoms with Crippen molar-refractivity contribution in [3.63, 3.8) is 0 Å². The Labute approximate surface area is 206 Å². The van der Waals surface area contributed by atoms with Crippen LogP contribution in [0.1, 0.15) is 80.8 Å². The fourth-order valence-electron chi connectivity index (χ4n) is 4.28. The lowest BCUT2D eigenvalue weighted by Gasteiger charge is -2.37. The average molecular weight is 484 g/mol. The van der Waals surface area contributed by atoms with Crippen molar-refractivity contribution in [2.45, 2.75) is 83.6 Å². The Hall–Kier alpha value is -3.09. The average Bonchev–Trinajstić information content (AvgIpc) is 3.63. The maximum Gasteiger partial charge on any atom is 0.410 e. The summed E-state index contributed by atoms with van der Waals surface area (Å²) in [6.45, 7) is 7.81. The summed E-state index contributed by atoms with van der Waals surface area (Å²) in [5.74, 6) is -0.667. The van der Waals surface area contributed by atoms with E-state index < -0.39 is 17.4 Å². The number of likely N-dealkylation sites (tertiary alicyclic amines) is 1. The number of nitrogens with zero attached hydrogens (tertiary/aromatic N) is 1. The zero-order valence-corrected chi connectivity index (χ0v) is 20.9. The largest absolute Gasteiger partial charge is 0.488 e. The van der Waals surface area contributed by atoms with Crippen molar-refractivity contribution in [2.24, 2.45) is 0 Å². The second-order valence-electron chi connectivity index (χ2n) is 10.5. The highest BCUT2D eigenvalue weighted by Crippen LogP contribution is 2.45. The van der Waals surface area contributed by atoms with Crippen LogP contribution in [0.15, 0.2) is 42.5 Å². The zero-order chi connectivity index (χ0) is 25.2. The molecule has 0 spiro atoms. The van der Waals surface area contributed by atoms with Crippen molar-refractivity contribution in [3.8, 4) is 5.75 Å². The molecule has 0 aromatic heterocycles. The highest BCUT2D eigenvalue weighted by atomic mass is 19.1. The van der Waals surface area contributed by atoms with E-state index >= 15 is 0 Å². The van der Waals surface area contributed by atoms with Crippen LogP contribution in [-0.2, 0) is 16.1 Å². The number of amides is 1. The number of benzene rings is 2. The predicted molar refractivity (Wildman–Crippen MR) is 130 cm³/mol. The molecule has 1 saturated heterocycles. The summed E-state index contributed by atoms with van der Waals surface area (Å²) in [5.41, 5.74) is 0.963. The zero-order valence-electron chi connectivity index (χ0n) is 20.9. The molecule has 1 aliphatic heterocycles. The van der Waals surface area contributed by atoms with Gasteiger partial charge >= 0.3 is 12.1 Å². The van der Waals surface area contributed by atoms with E-state index in [1.807, 2.05) is 37.3 Å². The standard InChI is InChI=1S/C28H34FNO5/c1-18-10-13-21(16-30(18)27(32)33-17-19-8-6-5-7-9-19)34-25-15-24(29)23(14-22(25)20-11-12-20)26(31)35-28(2,3)4/h5-9,14-15,18,20-21H,10-13,16-17H2,1-4H3/t18-,21+/m0/s1. The van der Waals surface area contributed by atoms with Crippen molar-refractivity contribution >= 4 is 12.1 Å². The van der Waals surface area contributed by atoms with Crippen molar-refractivity contribution < 1.29 is 28.2 Å². The third-order valence-electron chi connectivity index (χ3n) is 6.31. The number of hydrogen-bond acceptors (Lipinski definition) is 5. The molecule has 7 heteroatoms. The van der Waals surface area contributed by atoms with Crippen LogP contribution in [0.5, 0.6) is 5.75 Å². The molecule has 0 radical (unpaired) electrons. The molecule has 35 heavy (non-hydrogen) atoms. The van der Waals surface area contributed by atoms with Gasteiger partial charge in [0.05, 0.1) is 12.1 Å². The Morgan fingerprint density at radius 3 is 2.43 bits per heavy atom.